The summed E-state index contributed by atoms with van der Waals surface area (Å²) in [6.45, 7) is 10.4. The molecule has 1 unspecified atom stereocenters. The van der Waals surface area contributed by atoms with Gasteiger partial charge in [0.25, 0.3) is 0 Å². The van der Waals surface area contributed by atoms with E-state index in [0.29, 0.717) is 6.04 Å². The Morgan fingerprint density at radius 3 is 2.68 bits per heavy atom. The number of aromatic nitrogens is 1. The van der Waals surface area contributed by atoms with Crippen LogP contribution in [-0.4, -0.2) is 48.6 Å². The fraction of sp³-hybridized carbons (Fsp3) is 0.524. The standard InChI is InChI=1S/C21H31N5S.HI/c1-15(26-12-10-18-7-5-6-8-19(18)14-26)13-24-21(22-4)23-11-9-20-25-16(2)17(3)27-20;/h5-8,15H,9-14H2,1-4H3,(H2,22,23,24);1H. The largest absolute Gasteiger partial charge is 0.356 e. The van der Waals surface area contributed by atoms with Crippen LogP contribution < -0.4 is 10.6 Å². The third-order valence-corrected chi connectivity index (χ3v) is 6.41. The molecule has 0 spiro atoms. The first-order chi connectivity index (χ1) is 13.1. The number of nitrogens with zero attached hydrogens (tertiary/aromatic N) is 3. The minimum atomic E-state index is 0. The first-order valence-electron chi connectivity index (χ1n) is 9.75. The molecule has 154 valence electrons. The Labute approximate surface area is 190 Å². The number of thiazole rings is 1. The smallest absolute Gasteiger partial charge is 0.191 e. The van der Waals surface area contributed by atoms with Gasteiger partial charge in [-0.25, -0.2) is 4.98 Å². The highest BCUT2D eigenvalue weighted by Gasteiger charge is 2.20. The molecule has 2 heterocycles. The Bertz CT molecular complexity index is 769. The average molecular weight is 513 g/mol. The predicted octanol–water partition coefficient (Wildman–Crippen LogP) is 3.53. The summed E-state index contributed by atoms with van der Waals surface area (Å²) in [7, 11) is 1.83. The van der Waals surface area contributed by atoms with Crippen molar-refractivity contribution in [2.45, 2.75) is 46.2 Å². The fourth-order valence-electron chi connectivity index (χ4n) is 3.42. The number of guanidine groups is 1. The maximum atomic E-state index is 4.60. The number of hydrogen-bond donors (Lipinski definition) is 2. The lowest BCUT2D eigenvalue weighted by Crippen LogP contribution is -2.47. The Kier molecular flexibility index (Phi) is 9.17. The van der Waals surface area contributed by atoms with Crippen molar-refractivity contribution in [1.29, 1.82) is 0 Å². The number of halogens is 1. The lowest BCUT2D eigenvalue weighted by atomic mass is 9.99. The summed E-state index contributed by atoms with van der Waals surface area (Å²) < 4.78 is 0. The zero-order chi connectivity index (χ0) is 19.2. The molecule has 0 bridgehead atoms. The molecule has 1 aliphatic rings. The normalized spacial score (nSPS) is 15.5. The van der Waals surface area contributed by atoms with Crippen LogP contribution in [0.15, 0.2) is 29.3 Å². The number of benzene rings is 1. The summed E-state index contributed by atoms with van der Waals surface area (Å²) in [6, 6.07) is 9.25. The molecule has 1 aromatic heterocycles. The molecule has 2 N–H and O–H groups in total. The van der Waals surface area contributed by atoms with Crippen LogP contribution in [0.3, 0.4) is 0 Å². The van der Waals surface area contributed by atoms with Crippen LogP contribution >= 0.6 is 35.3 Å². The number of aliphatic imine (C=N–C) groups is 1. The van der Waals surface area contributed by atoms with E-state index in [9.17, 15) is 0 Å². The molecule has 5 nitrogen and oxygen atoms in total. The van der Waals surface area contributed by atoms with Gasteiger partial charge < -0.3 is 10.6 Å². The van der Waals surface area contributed by atoms with Gasteiger partial charge in [-0.15, -0.1) is 35.3 Å². The van der Waals surface area contributed by atoms with Crippen molar-refractivity contribution in [3.63, 3.8) is 0 Å². The molecular weight excluding hydrogens is 481 g/mol. The van der Waals surface area contributed by atoms with Gasteiger partial charge in [0.15, 0.2) is 5.96 Å². The first-order valence-corrected chi connectivity index (χ1v) is 10.6. The van der Waals surface area contributed by atoms with Gasteiger partial charge in [0.1, 0.15) is 0 Å². The van der Waals surface area contributed by atoms with Gasteiger partial charge in [-0.3, -0.25) is 9.89 Å². The monoisotopic (exact) mass is 513 g/mol. The van der Waals surface area contributed by atoms with Crippen LogP contribution in [0, 0.1) is 13.8 Å². The Hall–Kier alpha value is -1.19. The Morgan fingerprint density at radius 1 is 1.25 bits per heavy atom. The van der Waals surface area contributed by atoms with Crippen molar-refractivity contribution in [2.75, 3.05) is 26.7 Å². The lowest BCUT2D eigenvalue weighted by Gasteiger charge is -2.34. The summed E-state index contributed by atoms with van der Waals surface area (Å²) in [5.74, 6) is 0.865. The Morgan fingerprint density at radius 2 is 2.00 bits per heavy atom. The van der Waals surface area contributed by atoms with E-state index in [1.54, 1.807) is 11.3 Å². The predicted molar refractivity (Wildman–Crippen MR) is 130 cm³/mol. The van der Waals surface area contributed by atoms with Crippen molar-refractivity contribution in [3.8, 4) is 0 Å². The molecule has 0 amide bonds. The SMILES string of the molecule is CN=C(NCCc1nc(C)c(C)s1)NCC(C)N1CCc2ccccc2C1.I. The van der Waals surface area contributed by atoms with E-state index in [0.717, 1.165) is 50.7 Å². The molecule has 2 aromatic rings. The zero-order valence-corrected chi connectivity index (χ0v) is 20.4. The van der Waals surface area contributed by atoms with E-state index in [2.05, 4.69) is 70.5 Å². The molecule has 1 atom stereocenters. The van der Waals surface area contributed by atoms with E-state index in [1.165, 1.54) is 21.0 Å². The zero-order valence-electron chi connectivity index (χ0n) is 17.3. The quantitative estimate of drug-likeness (QED) is 0.353. The van der Waals surface area contributed by atoms with Crippen molar-refractivity contribution >= 4 is 41.3 Å². The summed E-state index contributed by atoms with van der Waals surface area (Å²) in [6.07, 6.45) is 2.07. The maximum Gasteiger partial charge on any atom is 0.191 e. The Balaban J connectivity index is 0.00000280. The van der Waals surface area contributed by atoms with Crippen molar-refractivity contribution in [1.82, 2.24) is 20.5 Å². The molecular formula is C21H32IN5S. The highest BCUT2D eigenvalue weighted by atomic mass is 127. The van der Waals surface area contributed by atoms with Crippen molar-refractivity contribution in [3.05, 3.63) is 51.0 Å². The van der Waals surface area contributed by atoms with Crippen LogP contribution in [0.4, 0.5) is 0 Å². The molecule has 28 heavy (non-hydrogen) atoms. The minimum Gasteiger partial charge on any atom is -0.356 e. The summed E-state index contributed by atoms with van der Waals surface area (Å²) >= 11 is 1.79. The van der Waals surface area contributed by atoms with E-state index in [-0.39, 0.29) is 24.0 Å². The number of fused-ring (bicyclic) bond motifs is 1. The van der Waals surface area contributed by atoms with Gasteiger partial charge in [0.2, 0.25) is 0 Å². The van der Waals surface area contributed by atoms with Gasteiger partial charge in [-0.1, -0.05) is 24.3 Å². The molecule has 0 saturated carbocycles. The number of nitrogens with one attached hydrogen (secondary N) is 2. The third-order valence-electron chi connectivity index (χ3n) is 5.28. The second kappa shape index (κ2) is 11.1. The summed E-state index contributed by atoms with van der Waals surface area (Å²) in [4.78, 5) is 12.8. The van der Waals surface area contributed by atoms with E-state index >= 15 is 0 Å². The molecule has 0 radical (unpaired) electrons. The molecule has 0 aliphatic carbocycles. The summed E-state index contributed by atoms with van der Waals surface area (Å²) in [5, 5.41) is 8.07. The molecule has 3 rings (SSSR count). The number of rotatable bonds is 6. The topological polar surface area (TPSA) is 52.6 Å². The molecule has 7 heteroatoms. The second-order valence-electron chi connectivity index (χ2n) is 7.22. The van der Waals surface area contributed by atoms with E-state index in [1.807, 2.05) is 7.05 Å². The molecule has 0 fully saturated rings. The molecule has 1 aromatic carbocycles. The van der Waals surface area contributed by atoms with E-state index in [4.69, 9.17) is 0 Å². The van der Waals surface area contributed by atoms with E-state index < -0.39 is 0 Å². The van der Waals surface area contributed by atoms with Gasteiger partial charge in [0.05, 0.1) is 10.7 Å². The van der Waals surface area contributed by atoms with Gasteiger partial charge in [0, 0.05) is 50.6 Å². The average Bonchev–Trinajstić information content (AvgIpc) is 3.01. The van der Waals surface area contributed by atoms with Crippen molar-refractivity contribution in [2.24, 2.45) is 4.99 Å². The molecule has 1 aliphatic heterocycles. The second-order valence-corrected chi connectivity index (χ2v) is 8.51. The van der Waals surface area contributed by atoms with Gasteiger partial charge in [-0.2, -0.15) is 0 Å². The fourth-order valence-corrected chi connectivity index (χ4v) is 4.36. The highest BCUT2D eigenvalue weighted by Crippen LogP contribution is 2.20. The molecule has 0 saturated heterocycles. The van der Waals surface area contributed by atoms with Crippen molar-refractivity contribution < 1.29 is 0 Å². The van der Waals surface area contributed by atoms with Crippen LogP contribution in [0.5, 0.6) is 0 Å². The maximum absolute atomic E-state index is 4.60. The van der Waals surface area contributed by atoms with Crippen LogP contribution in [0.2, 0.25) is 0 Å². The van der Waals surface area contributed by atoms with Crippen LogP contribution in [0.1, 0.15) is 33.6 Å². The minimum absolute atomic E-state index is 0. The first kappa shape index (κ1) is 23.1. The third kappa shape index (κ3) is 6.15. The van der Waals surface area contributed by atoms with Crippen LogP contribution in [0.25, 0.3) is 0 Å². The highest BCUT2D eigenvalue weighted by molar-refractivity contribution is 14.0. The van der Waals surface area contributed by atoms with Crippen LogP contribution in [-0.2, 0) is 19.4 Å². The number of aryl methyl sites for hydroxylation is 2. The lowest BCUT2D eigenvalue weighted by molar-refractivity contribution is 0.191. The van der Waals surface area contributed by atoms with Gasteiger partial charge >= 0.3 is 0 Å². The summed E-state index contributed by atoms with van der Waals surface area (Å²) in [5.41, 5.74) is 4.11. The van der Waals surface area contributed by atoms with Gasteiger partial charge in [-0.05, 0) is 38.3 Å². The number of hydrogen-bond acceptors (Lipinski definition) is 4.